The van der Waals surface area contributed by atoms with Gasteiger partial charge in [0.1, 0.15) is 0 Å². The third-order valence-electron chi connectivity index (χ3n) is 1.64. The van der Waals surface area contributed by atoms with E-state index in [9.17, 15) is 15.0 Å². The first-order valence-corrected chi connectivity index (χ1v) is 3.83. The van der Waals surface area contributed by atoms with Crippen LogP contribution in [0, 0.1) is 0 Å². The molecule has 0 unspecified atom stereocenters. The number of phenolic OH excluding ortho intramolecular Hbond substituents is 2. The Kier molecular flexibility index (Phi) is 3.12. The van der Waals surface area contributed by atoms with Gasteiger partial charge in [0.15, 0.2) is 11.5 Å². The maximum Gasteiger partial charge on any atom is 0.225 e. The molecule has 0 spiro atoms. The second kappa shape index (κ2) is 4.32. The van der Waals surface area contributed by atoms with Gasteiger partial charge >= 0.3 is 0 Å². The van der Waals surface area contributed by atoms with Crippen molar-refractivity contribution in [3.63, 3.8) is 0 Å². The predicted octanol–water partition coefficient (Wildman–Crippen LogP) is 1.23. The van der Waals surface area contributed by atoms with Gasteiger partial charge in [-0.2, -0.15) is 0 Å². The smallest absolute Gasteiger partial charge is 0.225 e. The Bertz CT molecular complexity index is 369. The highest BCUT2D eigenvalue weighted by Gasteiger charge is 2.07. The van der Waals surface area contributed by atoms with Crippen LogP contribution in [-0.2, 0) is 4.79 Å². The molecule has 0 aliphatic heterocycles. The Hall–Kier alpha value is -1.97. The molecule has 0 heterocycles. The number of phenols is 2. The summed E-state index contributed by atoms with van der Waals surface area (Å²) in [5.74, 6) is -0.467. The van der Waals surface area contributed by atoms with Gasteiger partial charge in [-0.25, -0.2) is 0 Å². The number of hydrogen-bond donors (Lipinski definition) is 2. The molecule has 0 bridgehead atoms. The van der Waals surface area contributed by atoms with Crippen molar-refractivity contribution in [3.05, 3.63) is 23.8 Å². The standard InChI is InChI=1S/C10H9O4/c1-14-9-6-7(3-2-4-11)5-8(12)10(9)13/h2-3,5-6,12-13H,1H3. The van der Waals surface area contributed by atoms with Crippen LogP contribution in [0.1, 0.15) is 5.56 Å². The number of hydrogen-bond acceptors (Lipinski definition) is 4. The van der Waals surface area contributed by atoms with Gasteiger partial charge in [-0.3, -0.25) is 4.79 Å². The van der Waals surface area contributed by atoms with E-state index >= 15 is 0 Å². The molecule has 0 aliphatic rings. The van der Waals surface area contributed by atoms with E-state index < -0.39 is 0 Å². The van der Waals surface area contributed by atoms with Crippen LogP contribution >= 0.6 is 0 Å². The summed E-state index contributed by atoms with van der Waals surface area (Å²) in [5, 5.41) is 18.5. The summed E-state index contributed by atoms with van der Waals surface area (Å²) >= 11 is 0. The van der Waals surface area contributed by atoms with Crippen molar-refractivity contribution in [3.8, 4) is 17.2 Å². The van der Waals surface area contributed by atoms with Crippen LogP contribution in [0.25, 0.3) is 6.08 Å². The van der Waals surface area contributed by atoms with Crippen LogP contribution in [0.15, 0.2) is 18.2 Å². The van der Waals surface area contributed by atoms with Gasteiger partial charge in [-0.05, 0) is 23.8 Å². The third kappa shape index (κ3) is 2.04. The first-order valence-electron chi connectivity index (χ1n) is 3.83. The first kappa shape index (κ1) is 10.1. The molecule has 1 radical (unpaired) electrons. The molecule has 1 aromatic carbocycles. The zero-order valence-electron chi connectivity index (χ0n) is 7.52. The van der Waals surface area contributed by atoms with Crippen LogP contribution in [0.5, 0.6) is 17.2 Å². The van der Waals surface area contributed by atoms with Gasteiger partial charge < -0.3 is 14.9 Å². The molecule has 4 heteroatoms. The number of ether oxygens (including phenoxy) is 1. The van der Waals surface area contributed by atoms with Crippen molar-refractivity contribution >= 4 is 12.4 Å². The summed E-state index contributed by atoms with van der Waals surface area (Å²) in [6.07, 6.45) is 4.17. The third-order valence-corrected chi connectivity index (χ3v) is 1.64. The average Bonchev–Trinajstić information content (AvgIpc) is 2.19. The fourth-order valence-electron chi connectivity index (χ4n) is 0.996. The molecule has 2 N–H and O–H groups in total. The quantitative estimate of drug-likeness (QED) is 0.559. The van der Waals surface area contributed by atoms with E-state index in [0.717, 1.165) is 6.08 Å². The van der Waals surface area contributed by atoms with Gasteiger partial charge in [0, 0.05) is 0 Å². The Labute approximate surface area is 81.1 Å². The van der Waals surface area contributed by atoms with Crippen molar-refractivity contribution in [2.24, 2.45) is 0 Å². The Balaban J connectivity index is 3.15. The first-order chi connectivity index (χ1) is 6.69. The minimum Gasteiger partial charge on any atom is -0.504 e. The summed E-state index contributed by atoms with van der Waals surface area (Å²) < 4.78 is 4.80. The molecule has 14 heavy (non-hydrogen) atoms. The number of allylic oxidation sites excluding steroid dienone is 1. The lowest BCUT2D eigenvalue weighted by atomic mass is 10.1. The molecule has 0 aromatic heterocycles. The SMILES string of the molecule is COc1cc(C=C[C]=O)cc(O)c1O. The second-order valence-corrected chi connectivity index (χ2v) is 2.54. The summed E-state index contributed by atoms with van der Waals surface area (Å²) in [6, 6.07) is 2.80. The zero-order valence-corrected chi connectivity index (χ0v) is 7.52. The van der Waals surface area contributed by atoms with Crippen molar-refractivity contribution in [1.29, 1.82) is 0 Å². The van der Waals surface area contributed by atoms with Gasteiger partial charge in [0.25, 0.3) is 0 Å². The van der Waals surface area contributed by atoms with E-state index in [0.29, 0.717) is 5.56 Å². The maximum absolute atomic E-state index is 9.93. The van der Waals surface area contributed by atoms with E-state index in [-0.39, 0.29) is 17.2 Å². The van der Waals surface area contributed by atoms with Crippen LogP contribution in [0.2, 0.25) is 0 Å². The summed E-state index contributed by atoms with van der Waals surface area (Å²) in [6.45, 7) is 0. The highest BCUT2D eigenvalue weighted by atomic mass is 16.5. The van der Waals surface area contributed by atoms with E-state index in [1.54, 1.807) is 6.29 Å². The Morgan fingerprint density at radius 1 is 1.43 bits per heavy atom. The number of rotatable bonds is 3. The molecular formula is C10H9O4. The molecule has 0 saturated heterocycles. The van der Waals surface area contributed by atoms with E-state index in [4.69, 9.17) is 4.74 Å². The monoisotopic (exact) mass is 193 g/mol. The normalized spacial score (nSPS) is 10.4. The predicted molar refractivity (Wildman–Crippen MR) is 51.1 cm³/mol. The number of carbonyl (C=O) groups excluding carboxylic acids is 1. The Morgan fingerprint density at radius 3 is 2.71 bits per heavy atom. The lowest BCUT2D eigenvalue weighted by molar-refractivity contribution is 0.351. The van der Waals surface area contributed by atoms with Crippen molar-refractivity contribution in [1.82, 2.24) is 0 Å². The van der Waals surface area contributed by atoms with Gasteiger partial charge in [0.2, 0.25) is 12.0 Å². The summed E-state index contributed by atoms with van der Waals surface area (Å²) in [4.78, 5) is 9.93. The van der Waals surface area contributed by atoms with Crippen molar-refractivity contribution < 1.29 is 19.7 Å². The lowest BCUT2D eigenvalue weighted by Gasteiger charge is -2.05. The average molecular weight is 193 g/mol. The summed E-state index contributed by atoms with van der Waals surface area (Å²) in [5.41, 5.74) is 0.542. The number of methoxy groups -OCH3 is 1. The van der Waals surface area contributed by atoms with Crippen LogP contribution in [0.3, 0.4) is 0 Å². The highest BCUT2D eigenvalue weighted by Crippen LogP contribution is 2.36. The topological polar surface area (TPSA) is 66.8 Å². The van der Waals surface area contributed by atoms with Gasteiger partial charge in [-0.15, -0.1) is 0 Å². The molecular weight excluding hydrogens is 184 g/mol. The minimum atomic E-state index is -0.320. The van der Waals surface area contributed by atoms with E-state index in [1.165, 1.54) is 25.3 Å². The zero-order chi connectivity index (χ0) is 10.6. The van der Waals surface area contributed by atoms with E-state index in [2.05, 4.69) is 0 Å². The summed E-state index contributed by atoms with van der Waals surface area (Å²) in [7, 11) is 1.37. The highest BCUT2D eigenvalue weighted by molar-refractivity contribution is 5.75. The minimum absolute atomic E-state index is 0.149. The lowest BCUT2D eigenvalue weighted by Crippen LogP contribution is -1.85. The number of aromatic hydroxyl groups is 2. The van der Waals surface area contributed by atoms with Gasteiger partial charge in [0.05, 0.1) is 7.11 Å². The second-order valence-electron chi connectivity index (χ2n) is 2.54. The molecule has 0 saturated carbocycles. The molecule has 4 nitrogen and oxygen atoms in total. The molecule has 0 aliphatic carbocycles. The molecule has 0 amide bonds. The molecule has 73 valence electrons. The maximum atomic E-state index is 9.93. The van der Waals surface area contributed by atoms with Crippen molar-refractivity contribution in [2.75, 3.05) is 7.11 Å². The van der Waals surface area contributed by atoms with E-state index in [1.807, 2.05) is 0 Å². The van der Waals surface area contributed by atoms with Gasteiger partial charge in [-0.1, -0.05) is 6.08 Å². The fourth-order valence-corrected chi connectivity index (χ4v) is 0.996. The molecule has 1 aromatic rings. The molecule has 0 fully saturated rings. The molecule has 0 atom stereocenters. The number of benzene rings is 1. The van der Waals surface area contributed by atoms with Crippen LogP contribution < -0.4 is 4.74 Å². The largest absolute Gasteiger partial charge is 0.504 e. The molecule has 1 rings (SSSR count). The van der Waals surface area contributed by atoms with Crippen molar-refractivity contribution in [2.45, 2.75) is 0 Å². The van der Waals surface area contributed by atoms with Crippen LogP contribution in [0.4, 0.5) is 0 Å². The fraction of sp³-hybridized carbons (Fsp3) is 0.100. The van der Waals surface area contributed by atoms with Crippen LogP contribution in [-0.4, -0.2) is 23.6 Å². The Morgan fingerprint density at radius 2 is 2.14 bits per heavy atom.